The van der Waals surface area contributed by atoms with Crippen LogP contribution in [0.15, 0.2) is 18.2 Å². The van der Waals surface area contributed by atoms with Gasteiger partial charge in [0, 0.05) is 25.7 Å². The first-order valence-electron chi connectivity index (χ1n) is 6.24. The monoisotopic (exact) mass is 266 g/mol. The summed E-state index contributed by atoms with van der Waals surface area (Å²) in [5, 5.41) is 20.2. The van der Waals surface area contributed by atoms with E-state index in [-0.39, 0.29) is 11.8 Å². The molecule has 0 amide bonds. The Morgan fingerprint density at radius 1 is 1.47 bits per heavy atom. The second-order valence-electron chi connectivity index (χ2n) is 4.76. The Morgan fingerprint density at radius 2 is 2.16 bits per heavy atom. The molecule has 1 saturated heterocycles. The number of nitrogens with zero attached hydrogens (tertiary/aromatic N) is 2. The second-order valence-corrected chi connectivity index (χ2v) is 4.76. The zero-order valence-electron chi connectivity index (χ0n) is 10.6. The van der Waals surface area contributed by atoms with E-state index in [0.717, 1.165) is 31.5 Å². The Bertz CT molecular complexity index is 458. The first-order valence-corrected chi connectivity index (χ1v) is 6.24. The number of nitro groups is 1. The smallest absolute Gasteiger partial charge is 0.293 e. The van der Waals surface area contributed by atoms with Crippen molar-refractivity contribution in [1.29, 1.82) is 0 Å². The molecule has 1 aliphatic rings. The maximum atomic E-state index is 10.8. The highest BCUT2D eigenvalue weighted by Crippen LogP contribution is 2.25. The lowest BCUT2D eigenvalue weighted by molar-refractivity contribution is -0.384. The number of nitrogens with one attached hydrogen (secondary N) is 1. The van der Waals surface area contributed by atoms with Gasteiger partial charge in [-0.3, -0.25) is 20.9 Å². The van der Waals surface area contributed by atoms with E-state index in [1.165, 1.54) is 6.07 Å². The van der Waals surface area contributed by atoms with Crippen molar-refractivity contribution in [3.05, 3.63) is 33.9 Å². The van der Waals surface area contributed by atoms with Gasteiger partial charge in [0.1, 0.15) is 5.69 Å². The van der Waals surface area contributed by atoms with Gasteiger partial charge in [0.25, 0.3) is 5.69 Å². The number of hydrogen-bond acceptors (Lipinski definition) is 6. The molecule has 1 fully saturated rings. The Hall–Kier alpha value is -1.70. The van der Waals surface area contributed by atoms with Crippen molar-refractivity contribution in [2.75, 3.05) is 18.5 Å². The van der Waals surface area contributed by atoms with Crippen molar-refractivity contribution in [2.45, 2.75) is 25.5 Å². The highest BCUT2D eigenvalue weighted by Gasteiger charge is 2.18. The van der Waals surface area contributed by atoms with Crippen LogP contribution in [0.4, 0.5) is 11.4 Å². The third kappa shape index (κ3) is 3.40. The number of nitrogens with two attached hydrogens (primary N) is 1. The molecule has 0 unspecified atom stereocenters. The van der Waals surface area contributed by atoms with Crippen LogP contribution in [0.25, 0.3) is 0 Å². The number of likely N-dealkylation sites (tertiary alicyclic amines) is 1. The number of rotatable bonds is 4. The van der Waals surface area contributed by atoms with Crippen LogP contribution >= 0.6 is 0 Å². The minimum atomic E-state index is -0.462. The summed E-state index contributed by atoms with van der Waals surface area (Å²) in [5.74, 6) is 5.31. The van der Waals surface area contributed by atoms with Gasteiger partial charge in [0.05, 0.1) is 11.0 Å². The van der Waals surface area contributed by atoms with E-state index < -0.39 is 4.92 Å². The third-order valence-corrected chi connectivity index (χ3v) is 3.38. The normalized spacial score (nSPS) is 17.4. The number of piperidine rings is 1. The van der Waals surface area contributed by atoms with Crippen LogP contribution in [-0.2, 0) is 6.54 Å². The van der Waals surface area contributed by atoms with Crippen LogP contribution in [0.3, 0.4) is 0 Å². The summed E-state index contributed by atoms with van der Waals surface area (Å²) >= 11 is 0. The summed E-state index contributed by atoms with van der Waals surface area (Å²) in [6, 6.07) is 4.90. The molecule has 1 aromatic carbocycles. The predicted octanol–water partition coefficient (Wildman–Crippen LogP) is 0.837. The molecule has 104 valence electrons. The average molecular weight is 266 g/mol. The molecular weight excluding hydrogens is 248 g/mol. The highest BCUT2D eigenvalue weighted by atomic mass is 16.6. The molecule has 7 heteroatoms. The van der Waals surface area contributed by atoms with Gasteiger partial charge >= 0.3 is 0 Å². The van der Waals surface area contributed by atoms with Crippen LogP contribution in [0.1, 0.15) is 18.4 Å². The summed E-state index contributed by atoms with van der Waals surface area (Å²) in [5.41, 5.74) is 3.62. The summed E-state index contributed by atoms with van der Waals surface area (Å²) in [6.45, 7) is 2.38. The molecule has 0 atom stereocenters. The largest absolute Gasteiger partial charge is 0.393 e. The minimum absolute atomic E-state index is 0.0275. The number of hydrazine groups is 1. The van der Waals surface area contributed by atoms with E-state index in [2.05, 4.69) is 10.3 Å². The Kier molecular flexibility index (Phi) is 4.31. The van der Waals surface area contributed by atoms with Crippen molar-refractivity contribution in [3.63, 3.8) is 0 Å². The van der Waals surface area contributed by atoms with Gasteiger partial charge in [0.2, 0.25) is 0 Å². The zero-order valence-corrected chi connectivity index (χ0v) is 10.6. The second kappa shape index (κ2) is 5.96. The number of benzene rings is 1. The van der Waals surface area contributed by atoms with Gasteiger partial charge in [-0.1, -0.05) is 6.07 Å². The lowest BCUT2D eigenvalue weighted by atomic mass is 10.1. The highest BCUT2D eigenvalue weighted by molar-refractivity contribution is 5.62. The number of anilines is 1. The lowest BCUT2D eigenvalue weighted by Gasteiger charge is -2.29. The van der Waals surface area contributed by atoms with E-state index in [9.17, 15) is 15.2 Å². The molecule has 4 N–H and O–H groups in total. The molecule has 0 spiro atoms. The average Bonchev–Trinajstić information content (AvgIpc) is 2.41. The SMILES string of the molecule is NNc1cc(CN2CCC(O)CC2)ccc1[N+](=O)[O-]. The number of aliphatic hydroxyl groups is 1. The first-order chi connectivity index (χ1) is 9.10. The van der Waals surface area contributed by atoms with Crippen molar-refractivity contribution in [3.8, 4) is 0 Å². The van der Waals surface area contributed by atoms with Crippen LogP contribution in [0.5, 0.6) is 0 Å². The van der Waals surface area contributed by atoms with Gasteiger partial charge in [-0.05, 0) is 24.5 Å². The van der Waals surface area contributed by atoms with Crippen LogP contribution in [0, 0.1) is 10.1 Å². The summed E-state index contributed by atoms with van der Waals surface area (Å²) in [4.78, 5) is 12.5. The molecule has 0 aromatic heterocycles. The lowest BCUT2D eigenvalue weighted by Crippen LogP contribution is -2.35. The molecule has 1 aromatic rings. The Morgan fingerprint density at radius 3 is 2.74 bits per heavy atom. The molecule has 0 bridgehead atoms. The molecule has 7 nitrogen and oxygen atoms in total. The van der Waals surface area contributed by atoms with Crippen molar-refractivity contribution in [2.24, 2.45) is 5.84 Å². The molecule has 0 aliphatic carbocycles. The molecule has 19 heavy (non-hydrogen) atoms. The number of nitro benzene ring substituents is 1. The van der Waals surface area contributed by atoms with E-state index in [4.69, 9.17) is 5.84 Å². The van der Waals surface area contributed by atoms with Crippen molar-refractivity contribution < 1.29 is 10.0 Å². The number of aliphatic hydroxyl groups excluding tert-OH is 1. The van der Waals surface area contributed by atoms with Gasteiger partial charge in [-0.2, -0.15) is 0 Å². The minimum Gasteiger partial charge on any atom is -0.393 e. The van der Waals surface area contributed by atoms with Crippen LogP contribution < -0.4 is 11.3 Å². The van der Waals surface area contributed by atoms with E-state index in [0.29, 0.717) is 12.2 Å². The maximum Gasteiger partial charge on any atom is 0.293 e. The van der Waals surface area contributed by atoms with E-state index in [1.54, 1.807) is 12.1 Å². The predicted molar refractivity (Wildman–Crippen MR) is 71.4 cm³/mol. The molecule has 0 radical (unpaired) electrons. The molecule has 1 heterocycles. The summed E-state index contributed by atoms with van der Waals surface area (Å²) in [7, 11) is 0. The van der Waals surface area contributed by atoms with Gasteiger partial charge in [-0.15, -0.1) is 0 Å². The van der Waals surface area contributed by atoms with E-state index in [1.807, 2.05) is 0 Å². The Labute approximate surface area is 111 Å². The van der Waals surface area contributed by atoms with Crippen LogP contribution in [0.2, 0.25) is 0 Å². The van der Waals surface area contributed by atoms with Gasteiger partial charge < -0.3 is 10.5 Å². The molecule has 0 saturated carbocycles. The standard InChI is InChI=1S/C12H18N4O3/c13-14-11-7-9(1-2-12(11)16(18)19)8-15-5-3-10(17)4-6-15/h1-2,7,10,14,17H,3-6,8,13H2. The number of nitrogen functional groups attached to an aromatic ring is 1. The third-order valence-electron chi connectivity index (χ3n) is 3.38. The fourth-order valence-corrected chi connectivity index (χ4v) is 2.29. The molecular formula is C12H18N4O3. The fraction of sp³-hybridized carbons (Fsp3) is 0.500. The topological polar surface area (TPSA) is 105 Å². The zero-order chi connectivity index (χ0) is 13.8. The maximum absolute atomic E-state index is 10.8. The van der Waals surface area contributed by atoms with Gasteiger partial charge in [0.15, 0.2) is 0 Å². The first kappa shape index (κ1) is 13.7. The summed E-state index contributed by atoms with van der Waals surface area (Å²) in [6.07, 6.45) is 1.35. The van der Waals surface area contributed by atoms with Gasteiger partial charge in [-0.25, -0.2) is 0 Å². The molecule has 2 rings (SSSR count). The van der Waals surface area contributed by atoms with Crippen molar-refractivity contribution >= 4 is 11.4 Å². The summed E-state index contributed by atoms with van der Waals surface area (Å²) < 4.78 is 0. The fourth-order valence-electron chi connectivity index (χ4n) is 2.29. The van der Waals surface area contributed by atoms with Crippen LogP contribution in [-0.4, -0.2) is 34.1 Å². The van der Waals surface area contributed by atoms with Crippen molar-refractivity contribution in [1.82, 2.24) is 4.90 Å². The Balaban J connectivity index is 2.07. The molecule has 1 aliphatic heterocycles. The quantitative estimate of drug-likeness (QED) is 0.423. The number of hydrogen-bond donors (Lipinski definition) is 3. The van der Waals surface area contributed by atoms with E-state index >= 15 is 0 Å².